The fourth-order valence-electron chi connectivity index (χ4n) is 1.93. The standard InChI is InChI=1S/C16H14FNO/c1-16(2,14-8-3-4-9-15(14)17)19-13-7-5-6-12(10-13)11-18/h3-10H,1-2H3. The summed E-state index contributed by atoms with van der Waals surface area (Å²) in [6.45, 7) is 3.59. The Labute approximate surface area is 112 Å². The van der Waals surface area contributed by atoms with Gasteiger partial charge in [-0.05, 0) is 38.1 Å². The van der Waals surface area contributed by atoms with E-state index in [0.717, 1.165) is 0 Å². The van der Waals surface area contributed by atoms with Crippen molar-refractivity contribution in [1.82, 2.24) is 0 Å². The average molecular weight is 255 g/mol. The van der Waals surface area contributed by atoms with Crippen LogP contribution < -0.4 is 4.74 Å². The Bertz CT molecular complexity index is 629. The Morgan fingerprint density at radius 3 is 2.53 bits per heavy atom. The van der Waals surface area contributed by atoms with Gasteiger partial charge in [0, 0.05) is 5.56 Å². The highest BCUT2D eigenvalue weighted by molar-refractivity contribution is 5.37. The minimum Gasteiger partial charge on any atom is -0.483 e. The first-order valence-electron chi connectivity index (χ1n) is 5.97. The fraction of sp³-hybridized carbons (Fsp3) is 0.188. The van der Waals surface area contributed by atoms with Gasteiger partial charge in [0.05, 0.1) is 11.6 Å². The van der Waals surface area contributed by atoms with Crippen LogP contribution in [0, 0.1) is 17.1 Å². The highest BCUT2D eigenvalue weighted by Crippen LogP contribution is 2.29. The lowest BCUT2D eigenvalue weighted by Gasteiger charge is -2.27. The largest absolute Gasteiger partial charge is 0.483 e. The molecule has 2 aromatic rings. The van der Waals surface area contributed by atoms with Crippen LogP contribution in [0.4, 0.5) is 4.39 Å². The number of hydrogen-bond donors (Lipinski definition) is 0. The van der Waals surface area contributed by atoms with Crippen LogP contribution in [-0.4, -0.2) is 0 Å². The molecular weight excluding hydrogens is 241 g/mol. The number of benzene rings is 2. The molecule has 19 heavy (non-hydrogen) atoms. The summed E-state index contributed by atoms with van der Waals surface area (Å²) in [6.07, 6.45) is 0. The second-order valence-corrected chi connectivity index (χ2v) is 4.73. The minimum atomic E-state index is -0.806. The Morgan fingerprint density at radius 1 is 1.11 bits per heavy atom. The molecule has 0 atom stereocenters. The zero-order valence-electron chi connectivity index (χ0n) is 10.9. The first kappa shape index (κ1) is 13.1. The summed E-state index contributed by atoms with van der Waals surface area (Å²) in [6, 6.07) is 15.4. The molecule has 0 N–H and O–H groups in total. The maximum atomic E-state index is 13.8. The zero-order valence-corrected chi connectivity index (χ0v) is 10.9. The van der Waals surface area contributed by atoms with E-state index in [1.54, 1.807) is 56.3 Å². The highest BCUT2D eigenvalue weighted by Gasteiger charge is 2.25. The fourth-order valence-corrected chi connectivity index (χ4v) is 1.93. The summed E-state index contributed by atoms with van der Waals surface area (Å²) in [5.74, 6) is 0.247. The van der Waals surface area contributed by atoms with Crippen LogP contribution in [0.3, 0.4) is 0 Å². The summed E-state index contributed by atoms with van der Waals surface area (Å²) in [7, 11) is 0. The number of rotatable bonds is 3. The Morgan fingerprint density at radius 2 is 1.84 bits per heavy atom. The molecule has 0 unspecified atom stereocenters. The van der Waals surface area contributed by atoms with Crippen LogP contribution in [0.25, 0.3) is 0 Å². The van der Waals surface area contributed by atoms with E-state index in [9.17, 15) is 4.39 Å². The van der Waals surface area contributed by atoms with E-state index in [1.165, 1.54) is 6.07 Å². The van der Waals surface area contributed by atoms with Gasteiger partial charge in [0.1, 0.15) is 17.2 Å². The predicted octanol–water partition coefficient (Wildman–Crippen LogP) is 4.01. The molecule has 0 aliphatic carbocycles. The third-order valence-electron chi connectivity index (χ3n) is 2.86. The molecule has 0 aromatic heterocycles. The SMILES string of the molecule is CC(C)(Oc1cccc(C#N)c1)c1ccccc1F. The minimum absolute atomic E-state index is 0.302. The molecule has 96 valence electrons. The lowest BCUT2D eigenvalue weighted by Crippen LogP contribution is -2.26. The second kappa shape index (κ2) is 5.11. The van der Waals surface area contributed by atoms with Gasteiger partial charge in [-0.25, -0.2) is 4.39 Å². The molecule has 0 aliphatic heterocycles. The molecule has 2 rings (SSSR count). The molecular formula is C16H14FNO. The Hall–Kier alpha value is -2.34. The third-order valence-corrected chi connectivity index (χ3v) is 2.86. The molecule has 0 bridgehead atoms. The summed E-state index contributed by atoms with van der Waals surface area (Å²) in [4.78, 5) is 0. The molecule has 2 aromatic carbocycles. The van der Waals surface area contributed by atoms with Crippen molar-refractivity contribution < 1.29 is 9.13 Å². The van der Waals surface area contributed by atoms with Gasteiger partial charge in [0.25, 0.3) is 0 Å². The number of hydrogen-bond acceptors (Lipinski definition) is 2. The molecule has 0 radical (unpaired) electrons. The first-order valence-corrected chi connectivity index (χ1v) is 5.97. The van der Waals surface area contributed by atoms with E-state index in [2.05, 4.69) is 6.07 Å². The van der Waals surface area contributed by atoms with Crippen molar-refractivity contribution in [3.05, 3.63) is 65.5 Å². The maximum absolute atomic E-state index is 13.8. The van der Waals surface area contributed by atoms with Crippen molar-refractivity contribution in [2.75, 3.05) is 0 Å². The summed E-state index contributed by atoms with van der Waals surface area (Å²) in [5, 5.41) is 8.86. The van der Waals surface area contributed by atoms with Crippen molar-refractivity contribution in [3.63, 3.8) is 0 Å². The summed E-state index contributed by atoms with van der Waals surface area (Å²) >= 11 is 0. The van der Waals surface area contributed by atoms with Crippen molar-refractivity contribution in [2.24, 2.45) is 0 Å². The van der Waals surface area contributed by atoms with Crippen molar-refractivity contribution in [2.45, 2.75) is 19.4 Å². The maximum Gasteiger partial charge on any atom is 0.131 e. The van der Waals surface area contributed by atoms with E-state index in [4.69, 9.17) is 10.00 Å². The Balaban J connectivity index is 2.31. The van der Waals surface area contributed by atoms with Gasteiger partial charge in [0.15, 0.2) is 0 Å². The number of nitrogens with zero attached hydrogens (tertiary/aromatic N) is 1. The third kappa shape index (κ3) is 2.92. The van der Waals surface area contributed by atoms with Gasteiger partial charge in [0.2, 0.25) is 0 Å². The van der Waals surface area contributed by atoms with Gasteiger partial charge in [-0.3, -0.25) is 0 Å². The summed E-state index contributed by atoms with van der Waals surface area (Å²) < 4.78 is 19.6. The topological polar surface area (TPSA) is 33.0 Å². The number of halogens is 1. The van der Waals surface area contributed by atoms with Gasteiger partial charge in [-0.2, -0.15) is 5.26 Å². The Kier molecular flexibility index (Phi) is 3.52. The molecule has 0 heterocycles. The molecule has 0 aliphatic rings. The summed E-state index contributed by atoms with van der Waals surface area (Å²) in [5.41, 5.74) is 0.193. The second-order valence-electron chi connectivity index (χ2n) is 4.73. The first-order chi connectivity index (χ1) is 9.03. The van der Waals surface area contributed by atoms with Gasteiger partial charge < -0.3 is 4.74 Å². The lowest BCUT2D eigenvalue weighted by molar-refractivity contribution is 0.104. The molecule has 2 nitrogen and oxygen atoms in total. The van der Waals surface area contributed by atoms with E-state index in [-0.39, 0.29) is 5.82 Å². The van der Waals surface area contributed by atoms with Crippen LogP contribution in [0.5, 0.6) is 5.75 Å². The van der Waals surface area contributed by atoms with Crippen molar-refractivity contribution >= 4 is 0 Å². The lowest BCUT2D eigenvalue weighted by atomic mass is 9.97. The molecule has 3 heteroatoms. The number of ether oxygens (including phenoxy) is 1. The van der Waals surface area contributed by atoms with Crippen LogP contribution in [0.1, 0.15) is 25.0 Å². The predicted molar refractivity (Wildman–Crippen MR) is 71.2 cm³/mol. The van der Waals surface area contributed by atoms with E-state index >= 15 is 0 Å². The molecule has 0 saturated carbocycles. The molecule has 0 saturated heterocycles. The number of nitriles is 1. The average Bonchev–Trinajstić information content (AvgIpc) is 2.38. The molecule has 0 amide bonds. The quantitative estimate of drug-likeness (QED) is 0.830. The molecule has 0 spiro atoms. The van der Waals surface area contributed by atoms with Gasteiger partial charge in [-0.1, -0.05) is 24.3 Å². The highest BCUT2D eigenvalue weighted by atomic mass is 19.1. The van der Waals surface area contributed by atoms with E-state index < -0.39 is 5.60 Å². The van der Waals surface area contributed by atoms with E-state index in [1.807, 2.05) is 0 Å². The van der Waals surface area contributed by atoms with Gasteiger partial charge in [-0.15, -0.1) is 0 Å². The smallest absolute Gasteiger partial charge is 0.131 e. The zero-order chi connectivity index (χ0) is 13.9. The van der Waals surface area contributed by atoms with Crippen LogP contribution in [0.2, 0.25) is 0 Å². The van der Waals surface area contributed by atoms with Crippen LogP contribution >= 0.6 is 0 Å². The van der Waals surface area contributed by atoms with Crippen molar-refractivity contribution in [3.8, 4) is 11.8 Å². The normalized spacial score (nSPS) is 10.8. The molecule has 0 fully saturated rings. The van der Waals surface area contributed by atoms with Crippen LogP contribution in [-0.2, 0) is 5.60 Å². The van der Waals surface area contributed by atoms with Crippen LogP contribution in [0.15, 0.2) is 48.5 Å². The van der Waals surface area contributed by atoms with Gasteiger partial charge >= 0.3 is 0 Å². The van der Waals surface area contributed by atoms with E-state index in [0.29, 0.717) is 16.9 Å². The monoisotopic (exact) mass is 255 g/mol. The van der Waals surface area contributed by atoms with Crippen molar-refractivity contribution in [1.29, 1.82) is 5.26 Å².